The molecule has 118 valence electrons. The molecule has 0 radical (unpaired) electrons. The first-order valence-corrected chi connectivity index (χ1v) is 8.31. The fourth-order valence-electron chi connectivity index (χ4n) is 3.24. The zero-order valence-corrected chi connectivity index (χ0v) is 14.1. The molecule has 1 saturated heterocycles. The normalized spacial score (nSPS) is 21.0. The molecule has 2 rings (SSSR count). The number of ether oxygens (including phenoxy) is 1. The summed E-state index contributed by atoms with van der Waals surface area (Å²) in [7, 11) is 0. The van der Waals surface area contributed by atoms with Gasteiger partial charge in [-0.25, -0.2) is 0 Å². The van der Waals surface area contributed by atoms with E-state index in [4.69, 9.17) is 16.3 Å². The molecule has 2 unspecified atom stereocenters. The van der Waals surface area contributed by atoms with Gasteiger partial charge in [0.15, 0.2) is 0 Å². The Morgan fingerprint density at radius 3 is 2.38 bits per heavy atom. The second-order valence-corrected chi connectivity index (χ2v) is 6.29. The van der Waals surface area contributed by atoms with E-state index in [1.165, 1.54) is 5.56 Å². The van der Waals surface area contributed by atoms with Crippen LogP contribution in [0.5, 0.6) is 0 Å². The van der Waals surface area contributed by atoms with E-state index in [1.807, 2.05) is 12.1 Å². The van der Waals surface area contributed by atoms with Gasteiger partial charge < -0.3 is 10.1 Å². The molecule has 1 N–H and O–H groups in total. The van der Waals surface area contributed by atoms with Crippen LogP contribution in [0.3, 0.4) is 0 Å². The van der Waals surface area contributed by atoms with E-state index < -0.39 is 0 Å². The van der Waals surface area contributed by atoms with Gasteiger partial charge in [0.1, 0.15) is 0 Å². The maximum absolute atomic E-state index is 6.04. The molecule has 4 heteroatoms. The Kier molecular flexibility index (Phi) is 6.06. The SMILES string of the molecule is CCNC(c1ccc(Cl)cc1)C(C)(CC)N1CCOCC1. The number of benzene rings is 1. The van der Waals surface area contributed by atoms with E-state index in [9.17, 15) is 0 Å². The number of likely N-dealkylation sites (N-methyl/N-ethyl adjacent to an activating group) is 1. The maximum atomic E-state index is 6.04. The number of hydrogen-bond donors (Lipinski definition) is 1. The van der Waals surface area contributed by atoms with Gasteiger partial charge in [0, 0.05) is 23.7 Å². The van der Waals surface area contributed by atoms with Crippen LogP contribution >= 0.6 is 11.6 Å². The van der Waals surface area contributed by atoms with Crippen LogP contribution < -0.4 is 5.32 Å². The van der Waals surface area contributed by atoms with E-state index in [2.05, 4.69) is 43.1 Å². The third-order valence-electron chi connectivity index (χ3n) is 4.68. The molecule has 0 aromatic heterocycles. The van der Waals surface area contributed by atoms with Gasteiger partial charge in [-0.2, -0.15) is 0 Å². The topological polar surface area (TPSA) is 24.5 Å². The van der Waals surface area contributed by atoms with Crippen molar-refractivity contribution in [1.29, 1.82) is 0 Å². The number of hydrogen-bond acceptors (Lipinski definition) is 3. The van der Waals surface area contributed by atoms with Gasteiger partial charge in [-0.15, -0.1) is 0 Å². The third-order valence-corrected chi connectivity index (χ3v) is 4.93. The first kappa shape index (κ1) is 16.8. The molecule has 0 bridgehead atoms. The molecular weight excluding hydrogens is 284 g/mol. The predicted octanol–water partition coefficient (Wildman–Crippen LogP) is 3.49. The zero-order valence-electron chi connectivity index (χ0n) is 13.4. The average Bonchev–Trinajstić information content (AvgIpc) is 2.54. The van der Waals surface area contributed by atoms with Crippen molar-refractivity contribution in [2.75, 3.05) is 32.8 Å². The largest absolute Gasteiger partial charge is 0.379 e. The van der Waals surface area contributed by atoms with E-state index in [-0.39, 0.29) is 5.54 Å². The summed E-state index contributed by atoms with van der Waals surface area (Å²) in [5.41, 5.74) is 1.38. The molecule has 21 heavy (non-hydrogen) atoms. The van der Waals surface area contributed by atoms with Gasteiger partial charge >= 0.3 is 0 Å². The average molecular weight is 311 g/mol. The lowest BCUT2D eigenvalue weighted by Crippen LogP contribution is -2.57. The lowest BCUT2D eigenvalue weighted by atomic mass is 9.82. The van der Waals surface area contributed by atoms with Crippen LogP contribution in [0, 0.1) is 0 Å². The van der Waals surface area contributed by atoms with Crippen molar-refractivity contribution in [1.82, 2.24) is 10.2 Å². The highest BCUT2D eigenvalue weighted by Crippen LogP contribution is 2.35. The lowest BCUT2D eigenvalue weighted by Gasteiger charge is -2.48. The minimum atomic E-state index is 0.0770. The van der Waals surface area contributed by atoms with E-state index >= 15 is 0 Å². The quantitative estimate of drug-likeness (QED) is 0.870. The fraction of sp³-hybridized carbons (Fsp3) is 0.647. The summed E-state index contributed by atoms with van der Waals surface area (Å²) in [5.74, 6) is 0. The Bertz CT molecular complexity index is 431. The molecule has 1 aliphatic heterocycles. The Morgan fingerprint density at radius 2 is 1.86 bits per heavy atom. The van der Waals surface area contributed by atoms with Crippen molar-refractivity contribution in [3.63, 3.8) is 0 Å². The summed E-state index contributed by atoms with van der Waals surface area (Å²) in [5, 5.41) is 4.47. The molecule has 0 saturated carbocycles. The molecule has 1 aromatic carbocycles. The van der Waals surface area contributed by atoms with Crippen LogP contribution in [-0.4, -0.2) is 43.3 Å². The molecule has 2 atom stereocenters. The van der Waals surface area contributed by atoms with Gasteiger partial charge in [0.2, 0.25) is 0 Å². The minimum Gasteiger partial charge on any atom is -0.379 e. The lowest BCUT2D eigenvalue weighted by molar-refractivity contribution is -0.0327. The number of nitrogens with one attached hydrogen (secondary N) is 1. The van der Waals surface area contributed by atoms with Crippen molar-refractivity contribution in [2.24, 2.45) is 0 Å². The molecule has 1 heterocycles. The second-order valence-electron chi connectivity index (χ2n) is 5.85. The molecule has 0 spiro atoms. The highest BCUT2D eigenvalue weighted by molar-refractivity contribution is 6.30. The van der Waals surface area contributed by atoms with Crippen LogP contribution in [0.1, 0.15) is 38.8 Å². The number of morpholine rings is 1. The van der Waals surface area contributed by atoms with Gasteiger partial charge in [0.05, 0.1) is 19.3 Å². The van der Waals surface area contributed by atoms with Crippen LogP contribution in [0.2, 0.25) is 5.02 Å². The summed E-state index contributed by atoms with van der Waals surface area (Å²) in [6, 6.07) is 8.55. The monoisotopic (exact) mass is 310 g/mol. The first-order chi connectivity index (χ1) is 10.1. The fourth-order valence-corrected chi connectivity index (χ4v) is 3.37. The van der Waals surface area contributed by atoms with Crippen LogP contribution in [0.25, 0.3) is 0 Å². The molecular formula is C17H27ClN2O. The number of nitrogens with zero attached hydrogens (tertiary/aromatic N) is 1. The second kappa shape index (κ2) is 7.59. The van der Waals surface area contributed by atoms with Crippen LogP contribution in [0.15, 0.2) is 24.3 Å². The zero-order chi connectivity index (χ0) is 15.3. The maximum Gasteiger partial charge on any atom is 0.0594 e. The standard InChI is InChI=1S/C17H27ClN2O/c1-4-17(3,20-10-12-21-13-11-20)16(19-5-2)14-6-8-15(18)9-7-14/h6-9,16,19H,4-5,10-13H2,1-3H3. The molecule has 1 aromatic rings. The van der Waals surface area contributed by atoms with Crippen molar-refractivity contribution in [3.8, 4) is 0 Å². The summed E-state index contributed by atoms with van der Waals surface area (Å²) in [6.07, 6.45) is 1.09. The summed E-state index contributed by atoms with van der Waals surface area (Å²) >= 11 is 6.04. The van der Waals surface area contributed by atoms with Crippen molar-refractivity contribution in [2.45, 2.75) is 38.8 Å². The van der Waals surface area contributed by atoms with Crippen LogP contribution in [-0.2, 0) is 4.74 Å². The predicted molar refractivity (Wildman–Crippen MR) is 89.0 cm³/mol. The summed E-state index contributed by atoms with van der Waals surface area (Å²) in [4.78, 5) is 2.57. The van der Waals surface area contributed by atoms with Gasteiger partial charge in [-0.05, 0) is 37.6 Å². The van der Waals surface area contributed by atoms with Crippen molar-refractivity contribution in [3.05, 3.63) is 34.9 Å². The van der Waals surface area contributed by atoms with Crippen molar-refractivity contribution < 1.29 is 4.74 Å². The third kappa shape index (κ3) is 3.78. The Labute approximate surface area is 133 Å². The van der Waals surface area contributed by atoms with Gasteiger partial charge in [-0.3, -0.25) is 4.90 Å². The van der Waals surface area contributed by atoms with Gasteiger partial charge in [-0.1, -0.05) is 37.6 Å². The molecule has 0 aliphatic carbocycles. The Morgan fingerprint density at radius 1 is 1.24 bits per heavy atom. The smallest absolute Gasteiger partial charge is 0.0594 e. The van der Waals surface area contributed by atoms with Crippen LogP contribution in [0.4, 0.5) is 0 Å². The molecule has 1 aliphatic rings. The molecule has 3 nitrogen and oxygen atoms in total. The van der Waals surface area contributed by atoms with Gasteiger partial charge in [0.25, 0.3) is 0 Å². The number of rotatable bonds is 6. The number of halogens is 1. The summed E-state index contributed by atoms with van der Waals surface area (Å²) in [6.45, 7) is 11.4. The minimum absolute atomic E-state index is 0.0770. The highest BCUT2D eigenvalue weighted by Gasteiger charge is 2.39. The van der Waals surface area contributed by atoms with Crippen molar-refractivity contribution >= 4 is 11.6 Å². The highest BCUT2D eigenvalue weighted by atomic mass is 35.5. The first-order valence-electron chi connectivity index (χ1n) is 7.93. The molecule has 1 fully saturated rings. The molecule has 0 amide bonds. The summed E-state index contributed by atoms with van der Waals surface area (Å²) < 4.78 is 5.52. The van der Waals surface area contributed by atoms with E-state index in [0.29, 0.717) is 6.04 Å². The van der Waals surface area contributed by atoms with E-state index in [0.717, 1.165) is 44.3 Å². The Balaban J connectivity index is 2.30. The van der Waals surface area contributed by atoms with E-state index in [1.54, 1.807) is 0 Å². The Hall–Kier alpha value is -0.610.